The second kappa shape index (κ2) is 6.60. The van der Waals surface area contributed by atoms with E-state index in [1.54, 1.807) is 6.08 Å². The third-order valence-electron chi connectivity index (χ3n) is 3.11. The fourth-order valence-electron chi connectivity index (χ4n) is 2.33. The highest BCUT2D eigenvalue weighted by Gasteiger charge is 2.52. The molecular weight excluding hydrogens is 312 g/mol. The van der Waals surface area contributed by atoms with Gasteiger partial charge in [0.2, 0.25) is 5.76 Å². The second-order valence-corrected chi connectivity index (χ2v) is 10.5. The summed E-state index contributed by atoms with van der Waals surface area (Å²) in [5.74, 6) is -1.72. The number of hydrogen-bond acceptors (Lipinski definition) is 5. The number of esters is 1. The molecule has 0 bridgehead atoms. The molecule has 1 aliphatic heterocycles. The first kappa shape index (κ1) is 17.3. The molecule has 5 nitrogen and oxygen atoms in total. The van der Waals surface area contributed by atoms with Gasteiger partial charge in [-0.1, -0.05) is 36.4 Å². The molecule has 6 heteroatoms. The quantitative estimate of drug-likeness (QED) is 0.590. The number of ether oxygens (including phenoxy) is 3. The highest BCUT2D eigenvalue weighted by Crippen LogP contribution is 2.38. The molecule has 1 aliphatic rings. The molecule has 2 rings (SSSR count). The zero-order chi connectivity index (χ0) is 17.1. The third-order valence-corrected chi connectivity index (χ3v) is 4.03. The molecule has 0 fully saturated rings. The van der Waals surface area contributed by atoms with Crippen LogP contribution in [0.5, 0.6) is 0 Å². The third kappa shape index (κ3) is 3.83. The van der Waals surface area contributed by atoms with Gasteiger partial charge in [0.1, 0.15) is 0 Å². The minimum atomic E-state index is -2.06. The molecule has 1 heterocycles. The second-order valence-electron chi connectivity index (χ2n) is 6.08. The molecule has 0 aromatic heterocycles. The number of carbonyl (C=O) groups is 1. The first-order chi connectivity index (χ1) is 10.8. The Balaban J connectivity index is 2.48. The molecule has 0 N–H and O–H groups in total. The Morgan fingerprint density at radius 1 is 1.09 bits per heavy atom. The predicted molar refractivity (Wildman–Crippen MR) is 89.8 cm³/mol. The van der Waals surface area contributed by atoms with E-state index in [0.717, 1.165) is 5.56 Å². The highest BCUT2D eigenvalue weighted by molar-refractivity contribution is 6.69. The Labute approximate surface area is 137 Å². The first-order valence-corrected chi connectivity index (χ1v) is 10.7. The van der Waals surface area contributed by atoms with Crippen LogP contribution < -0.4 is 0 Å². The minimum Gasteiger partial charge on any atom is -0.491 e. The molecule has 23 heavy (non-hydrogen) atoms. The van der Waals surface area contributed by atoms with E-state index in [9.17, 15) is 4.79 Å². The Bertz CT molecular complexity index is 630. The van der Waals surface area contributed by atoms with Crippen molar-refractivity contribution in [2.75, 3.05) is 14.2 Å². The number of benzene rings is 1. The lowest BCUT2D eigenvalue weighted by atomic mass is 10.1. The van der Waals surface area contributed by atoms with Crippen LogP contribution in [0.2, 0.25) is 19.6 Å². The van der Waals surface area contributed by atoms with Crippen LogP contribution in [0.1, 0.15) is 5.56 Å². The fraction of sp³-hybridized carbons (Fsp3) is 0.353. The molecule has 1 aromatic rings. The van der Waals surface area contributed by atoms with E-state index in [0.29, 0.717) is 0 Å². The molecule has 1 atom stereocenters. The van der Waals surface area contributed by atoms with Crippen molar-refractivity contribution < 1.29 is 23.4 Å². The molecule has 0 saturated heterocycles. The first-order valence-electron chi connectivity index (χ1n) is 7.32. The van der Waals surface area contributed by atoms with Crippen molar-refractivity contribution in [2.45, 2.75) is 25.4 Å². The lowest BCUT2D eigenvalue weighted by Gasteiger charge is -2.32. The summed E-state index contributed by atoms with van der Waals surface area (Å²) in [5, 5.41) is 0. The number of cyclic esters (lactones) is 1. The summed E-state index contributed by atoms with van der Waals surface area (Å²) in [6.07, 6.45) is 3.54. The van der Waals surface area contributed by atoms with Gasteiger partial charge in [-0.25, -0.2) is 4.79 Å². The lowest BCUT2D eigenvalue weighted by molar-refractivity contribution is -0.169. The van der Waals surface area contributed by atoms with Crippen molar-refractivity contribution in [3.05, 3.63) is 53.5 Å². The Kier molecular flexibility index (Phi) is 4.96. The van der Waals surface area contributed by atoms with E-state index in [1.165, 1.54) is 14.2 Å². The topological polar surface area (TPSA) is 54.0 Å². The molecule has 0 spiro atoms. The summed E-state index contributed by atoms with van der Waals surface area (Å²) in [4.78, 5) is 12.1. The van der Waals surface area contributed by atoms with Crippen molar-refractivity contribution in [3.63, 3.8) is 0 Å². The fourth-order valence-corrected chi connectivity index (χ4v) is 3.44. The van der Waals surface area contributed by atoms with Crippen LogP contribution in [-0.4, -0.2) is 34.3 Å². The predicted octanol–water partition coefficient (Wildman–Crippen LogP) is 3.31. The monoisotopic (exact) mass is 334 g/mol. The van der Waals surface area contributed by atoms with E-state index in [1.807, 2.05) is 56.0 Å². The average molecular weight is 334 g/mol. The number of rotatable bonds is 6. The number of hydrogen-bond donors (Lipinski definition) is 0. The highest BCUT2D eigenvalue weighted by atomic mass is 28.4. The van der Waals surface area contributed by atoms with E-state index in [2.05, 4.69) is 0 Å². The van der Waals surface area contributed by atoms with Gasteiger partial charge in [-0.2, -0.15) is 0 Å². The van der Waals surface area contributed by atoms with Crippen molar-refractivity contribution in [3.8, 4) is 0 Å². The summed E-state index contributed by atoms with van der Waals surface area (Å²) in [7, 11) is 0.810. The molecule has 0 amide bonds. The van der Waals surface area contributed by atoms with E-state index in [-0.39, 0.29) is 11.5 Å². The summed E-state index contributed by atoms with van der Waals surface area (Å²) in [5.41, 5.74) is 0.961. The van der Waals surface area contributed by atoms with Crippen LogP contribution in [0.3, 0.4) is 0 Å². The van der Waals surface area contributed by atoms with E-state index >= 15 is 0 Å². The van der Waals surface area contributed by atoms with Gasteiger partial charge in [0.05, 0.1) is 14.2 Å². The van der Waals surface area contributed by atoms with Crippen LogP contribution in [-0.2, 0) is 23.4 Å². The normalized spacial score (nSPS) is 21.7. The summed E-state index contributed by atoms with van der Waals surface area (Å²) in [6, 6.07) is 9.69. The molecule has 1 aromatic carbocycles. The minimum absolute atomic E-state index is 0.0310. The smallest absolute Gasteiger partial charge is 0.380 e. The zero-order valence-electron chi connectivity index (χ0n) is 14.1. The maximum absolute atomic E-state index is 12.1. The molecule has 124 valence electrons. The van der Waals surface area contributed by atoms with Crippen molar-refractivity contribution in [1.29, 1.82) is 0 Å². The van der Waals surface area contributed by atoms with Gasteiger partial charge in [0, 0.05) is 0 Å². The van der Waals surface area contributed by atoms with Crippen LogP contribution in [0, 0.1) is 0 Å². The van der Waals surface area contributed by atoms with Gasteiger partial charge in [0.25, 0.3) is 11.5 Å². The van der Waals surface area contributed by atoms with Crippen LogP contribution in [0.4, 0.5) is 0 Å². The average Bonchev–Trinajstić information content (AvgIpc) is 2.75. The van der Waals surface area contributed by atoms with Gasteiger partial charge >= 0.3 is 5.97 Å². The van der Waals surface area contributed by atoms with E-state index < -0.39 is 20.1 Å². The largest absolute Gasteiger partial charge is 0.491 e. The van der Waals surface area contributed by atoms with Crippen molar-refractivity contribution >= 4 is 20.4 Å². The molecule has 1 unspecified atom stereocenters. The van der Waals surface area contributed by atoms with Gasteiger partial charge in [-0.3, -0.25) is 0 Å². The SMILES string of the molecule is COC1=C(OC)C(/C=C/c2ccccc2)(O[Si](C)(C)C)OC1=O. The Morgan fingerprint density at radius 2 is 1.74 bits per heavy atom. The lowest BCUT2D eigenvalue weighted by Crippen LogP contribution is -2.43. The van der Waals surface area contributed by atoms with Crippen molar-refractivity contribution in [1.82, 2.24) is 0 Å². The summed E-state index contributed by atoms with van der Waals surface area (Å²) >= 11 is 0. The van der Waals surface area contributed by atoms with Gasteiger partial charge < -0.3 is 18.6 Å². The molecular formula is C17H22O5Si. The van der Waals surface area contributed by atoms with Crippen molar-refractivity contribution in [2.24, 2.45) is 0 Å². The molecule has 0 aliphatic carbocycles. The molecule has 0 saturated carbocycles. The summed E-state index contributed by atoms with van der Waals surface area (Å²) < 4.78 is 22.2. The van der Waals surface area contributed by atoms with Crippen LogP contribution in [0.25, 0.3) is 6.08 Å². The van der Waals surface area contributed by atoms with Crippen LogP contribution in [0.15, 0.2) is 47.9 Å². The number of carbonyl (C=O) groups excluding carboxylic acids is 1. The van der Waals surface area contributed by atoms with E-state index in [4.69, 9.17) is 18.6 Å². The Morgan fingerprint density at radius 3 is 2.26 bits per heavy atom. The standard InChI is InChI=1S/C17H22O5Si/c1-19-14-15(20-2)17(21-16(14)18,22-23(3,4)5)12-11-13-9-7-6-8-10-13/h6-12H,1-5H3/b12-11+. The molecule has 0 radical (unpaired) electrons. The van der Waals surface area contributed by atoms with Gasteiger partial charge in [-0.15, -0.1) is 0 Å². The maximum Gasteiger partial charge on any atom is 0.380 e. The Hall–Kier alpha value is -2.05. The summed E-state index contributed by atoms with van der Waals surface area (Å²) in [6.45, 7) is 6.03. The van der Waals surface area contributed by atoms with Crippen LogP contribution >= 0.6 is 0 Å². The maximum atomic E-state index is 12.1. The van der Waals surface area contributed by atoms with Gasteiger partial charge in [-0.05, 0) is 31.3 Å². The zero-order valence-corrected chi connectivity index (χ0v) is 15.1. The van der Waals surface area contributed by atoms with Gasteiger partial charge in [0.15, 0.2) is 8.32 Å². The number of methoxy groups -OCH3 is 2.